The minimum Gasteiger partial charge on any atom is -0.289 e. The molecule has 3 heterocycles. The molecule has 1 amide bonds. The van der Waals surface area contributed by atoms with Gasteiger partial charge in [-0.25, -0.2) is 19.0 Å². The lowest BCUT2D eigenvalue weighted by molar-refractivity contribution is 0.102. The van der Waals surface area contributed by atoms with Crippen LogP contribution < -0.4 is 5.32 Å². The summed E-state index contributed by atoms with van der Waals surface area (Å²) in [5, 5.41) is 20.2. The van der Waals surface area contributed by atoms with E-state index in [9.17, 15) is 9.18 Å². The number of hydrogen-bond donors (Lipinski definition) is 2. The normalized spacial score (nSPS) is 14.8. The number of nitrogens with zero attached hydrogens (tertiary/aromatic N) is 6. The molecule has 3 aromatic heterocycles. The van der Waals surface area contributed by atoms with Gasteiger partial charge in [0.25, 0.3) is 5.91 Å². The highest BCUT2D eigenvalue weighted by atomic mass is 19.1. The Morgan fingerprint density at radius 3 is 2.67 bits per heavy atom. The first-order chi connectivity index (χ1) is 14.7. The highest BCUT2D eigenvalue weighted by Gasteiger charge is 2.25. The summed E-state index contributed by atoms with van der Waals surface area (Å²) < 4.78 is 15.2. The van der Waals surface area contributed by atoms with E-state index in [4.69, 9.17) is 0 Å². The third kappa shape index (κ3) is 3.30. The van der Waals surface area contributed by atoms with Crippen molar-refractivity contribution in [1.82, 2.24) is 35.2 Å². The number of fused-ring (bicyclic) bond motifs is 1. The second-order valence-electron chi connectivity index (χ2n) is 7.40. The van der Waals surface area contributed by atoms with E-state index in [1.807, 2.05) is 0 Å². The van der Waals surface area contributed by atoms with Gasteiger partial charge in [-0.1, -0.05) is 36.5 Å². The fourth-order valence-electron chi connectivity index (χ4n) is 4.12. The number of hydrogen-bond acceptors (Lipinski definition) is 6. The molecule has 1 saturated carbocycles. The van der Waals surface area contributed by atoms with Gasteiger partial charge in [0, 0.05) is 17.7 Å². The molecule has 2 N–H and O–H groups in total. The Balaban J connectivity index is 1.62. The quantitative estimate of drug-likeness (QED) is 0.537. The lowest BCUT2D eigenvalue weighted by Gasteiger charge is -2.25. The van der Waals surface area contributed by atoms with E-state index in [0.717, 1.165) is 42.5 Å². The smallest absolute Gasteiger partial charge is 0.263 e. The minimum absolute atomic E-state index is 0.148. The van der Waals surface area contributed by atoms with Crippen molar-refractivity contribution in [3.63, 3.8) is 0 Å². The maximum atomic E-state index is 13.5. The molecule has 30 heavy (non-hydrogen) atoms. The van der Waals surface area contributed by atoms with Crippen LogP contribution in [0.2, 0.25) is 0 Å². The third-order valence-electron chi connectivity index (χ3n) is 5.53. The molecule has 4 aromatic rings. The molecule has 152 valence electrons. The predicted molar refractivity (Wildman–Crippen MR) is 106 cm³/mol. The van der Waals surface area contributed by atoms with Gasteiger partial charge in [-0.3, -0.25) is 10.1 Å². The number of benzene rings is 1. The number of aromatic amines is 1. The van der Waals surface area contributed by atoms with E-state index in [2.05, 4.69) is 36.0 Å². The monoisotopic (exact) mass is 406 g/mol. The zero-order chi connectivity index (χ0) is 20.5. The van der Waals surface area contributed by atoms with Gasteiger partial charge in [-0.05, 0) is 41.0 Å². The Labute approximate surface area is 170 Å². The van der Waals surface area contributed by atoms with Crippen LogP contribution in [0, 0.1) is 5.82 Å². The van der Waals surface area contributed by atoms with Crippen LogP contribution in [0.25, 0.3) is 16.8 Å². The van der Waals surface area contributed by atoms with Gasteiger partial charge < -0.3 is 0 Å². The number of tetrazole rings is 1. The number of amides is 1. The van der Waals surface area contributed by atoms with E-state index in [1.54, 1.807) is 22.8 Å². The number of rotatable bonds is 4. The highest BCUT2D eigenvalue weighted by Crippen LogP contribution is 2.38. The molecule has 1 fully saturated rings. The van der Waals surface area contributed by atoms with Crippen molar-refractivity contribution in [2.24, 2.45) is 0 Å². The maximum absolute atomic E-state index is 13.5. The zero-order valence-corrected chi connectivity index (χ0v) is 16.0. The number of halogens is 1. The Morgan fingerprint density at radius 1 is 1.13 bits per heavy atom. The van der Waals surface area contributed by atoms with Crippen molar-refractivity contribution in [2.45, 2.75) is 38.0 Å². The SMILES string of the molecule is O=C(Nc1nnn[nH]1)c1cnn2c(C3CCCCC3)c(-c3ccc(F)cc3)cnc12. The summed E-state index contributed by atoms with van der Waals surface area (Å²) in [4.78, 5) is 17.2. The van der Waals surface area contributed by atoms with Crippen LogP contribution in [0.4, 0.5) is 10.3 Å². The lowest BCUT2D eigenvalue weighted by atomic mass is 9.84. The van der Waals surface area contributed by atoms with Crippen LogP contribution >= 0.6 is 0 Å². The van der Waals surface area contributed by atoms with Crippen LogP contribution in [0.15, 0.2) is 36.7 Å². The molecule has 9 nitrogen and oxygen atoms in total. The van der Waals surface area contributed by atoms with Crippen LogP contribution in [0.5, 0.6) is 0 Å². The van der Waals surface area contributed by atoms with E-state index >= 15 is 0 Å². The summed E-state index contributed by atoms with van der Waals surface area (Å²) >= 11 is 0. The molecule has 1 aliphatic rings. The molecule has 1 aromatic carbocycles. The molecule has 0 aliphatic heterocycles. The Kier molecular flexibility index (Phi) is 4.66. The molecule has 0 spiro atoms. The summed E-state index contributed by atoms with van der Waals surface area (Å²) in [6.07, 6.45) is 8.84. The Bertz CT molecular complexity index is 1180. The van der Waals surface area contributed by atoms with Crippen molar-refractivity contribution in [1.29, 1.82) is 0 Å². The average Bonchev–Trinajstić information content (AvgIpc) is 3.44. The van der Waals surface area contributed by atoms with Gasteiger partial charge in [0.15, 0.2) is 5.65 Å². The molecule has 5 rings (SSSR count). The van der Waals surface area contributed by atoms with E-state index < -0.39 is 5.91 Å². The standard InChI is InChI=1S/C20H19FN8O/c21-14-8-6-12(7-9-14)15-10-22-18-16(19(30)24-20-25-27-28-26-20)11-23-29(18)17(15)13-4-2-1-3-5-13/h6-11,13H,1-5H2,(H2,24,25,26,27,28,30). The second-order valence-corrected chi connectivity index (χ2v) is 7.40. The number of carbonyl (C=O) groups is 1. The van der Waals surface area contributed by atoms with Crippen LogP contribution in [-0.2, 0) is 0 Å². The number of aromatic nitrogens is 7. The average molecular weight is 406 g/mol. The summed E-state index contributed by atoms with van der Waals surface area (Å²) in [6, 6.07) is 6.38. The first-order valence-corrected chi connectivity index (χ1v) is 9.88. The number of carbonyl (C=O) groups excluding carboxylic acids is 1. The van der Waals surface area contributed by atoms with Gasteiger partial charge in [0.1, 0.15) is 11.4 Å². The predicted octanol–water partition coefficient (Wildman–Crippen LogP) is 3.35. The molecule has 0 atom stereocenters. The summed E-state index contributed by atoms with van der Waals surface area (Å²) in [6.45, 7) is 0. The number of nitrogens with one attached hydrogen (secondary N) is 2. The fourth-order valence-corrected chi connectivity index (χ4v) is 4.12. The second kappa shape index (κ2) is 7.62. The Morgan fingerprint density at radius 2 is 1.93 bits per heavy atom. The molecule has 0 bridgehead atoms. The topological polar surface area (TPSA) is 114 Å². The van der Waals surface area contributed by atoms with Gasteiger partial charge in [-0.15, -0.1) is 0 Å². The van der Waals surface area contributed by atoms with Crippen LogP contribution in [0.1, 0.15) is 54.1 Å². The van der Waals surface area contributed by atoms with Crippen LogP contribution in [-0.4, -0.2) is 41.1 Å². The van der Waals surface area contributed by atoms with E-state index in [0.29, 0.717) is 17.1 Å². The Hall–Kier alpha value is -3.69. The van der Waals surface area contributed by atoms with Gasteiger partial charge in [0.05, 0.1) is 11.9 Å². The van der Waals surface area contributed by atoms with Gasteiger partial charge in [0.2, 0.25) is 5.95 Å². The van der Waals surface area contributed by atoms with Crippen molar-refractivity contribution in [3.05, 3.63) is 53.7 Å². The molecular weight excluding hydrogens is 387 g/mol. The van der Waals surface area contributed by atoms with Crippen molar-refractivity contribution in [3.8, 4) is 11.1 Å². The first-order valence-electron chi connectivity index (χ1n) is 9.88. The largest absolute Gasteiger partial charge is 0.289 e. The van der Waals surface area contributed by atoms with E-state index in [-0.39, 0.29) is 11.8 Å². The molecule has 0 radical (unpaired) electrons. The highest BCUT2D eigenvalue weighted by molar-refractivity contribution is 6.07. The van der Waals surface area contributed by atoms with Crippen molar-refractivity contribution < 1.29 is 9.18 Å². The van der Waals surface area contributed by atoms with Gasteiger partial charge in [-0.2, -0.15) is 5.10 Å². The fraction of sp³-hybridized carbons (Fsp3) is 0.300. The maximum Gasteiger partial charge on any atom is 0.263 e. The molecule has 0 unspecified atom stereocenters. The van der Waals surface area contributed by atoms with Gasteiger partial charge >= 0.3 is 0 Å². The molecule has 10 heteroatoms. The number of H-pyrrole nitrogens is 1. The van der Waals surface area contributed by atoms with Crippen molar-refractivity contribution >= 4 is 17.5 Å². The molecular formula is C20H19FN8O. The van der Waals surface area contributed by atoms with E-state index in [1.165, 1.54) is 24.8 Å². The molecule has 1 aliphatic carbocycles. The zero-order valence-electron chi connectivity index (χ0n) is 16.0. The minimum atomic E-state index is -0.403. The van der Waals surface area contributed by atoms with Crippen LogP contribution in [0.3, 0.4) is 0 Å². The summed E-state index contributed by atoms with van der Waals surface area (Å²) in [5.41, 5.74) is 3.58. The third-order valence-corrected chi connectivity index (χ3v) is 5.53. The summed E-state index contributed by atoms with van der Waals surface area (Å²) in [7, 11) is 0. The molecule has 0 saturated heterocycles. The summed E-state index contributed by atoms with van der Waals surface area (Å²) in [5.74, 6) is -0.250. The number of anilines is 1. The first kappa shape index (κ1) is 18.3. The lowest BCUT2D eigenvalue weighted by Crippen LogP contribution is -2.15. The van der Waals surface area contributed by atoms with Crippen molar-refractivity contribution in [2.75, 3.05) is 5.32 Å².